The summed E-state index contributed by atoms with van der Waals surface area (Å²) in [5, 5.41) is 0. The number of hydrogen-bond donors (Lipinski definition) is 0. The first-order chi connectivity index (χ1) is 12.0. The van der Waals surface area contributed by atoms with Gasteiger partial charge in [0.25, 0.3) is 11.8 Å². The Bertz CT molecular complexity index is 794. The molecule has 2 heterocycles. The third-order valence-corrected chi connectivity index (χ3v) is 4.32. The number of aromatic nitrogens is 1. The topological polar surface area (TPSA) is 76.6 Å². The predicted octanol–water partition coefficient (Wildman–Crippen LogP) is 1.95. The molecule has 0 aromatic carbocycles. The number of rotatable bonds is 5. The van der Waals surface area contributed by atoms with Crippen LogP contribution in [-0.2, 0) is 32.1 Å². The zero-order valence-corrected chi connectivity index (χ0v) is 14.3. The van der Waals surface area contributed by atoms with Crippen molar-refractivity contribution in [2.75, 3.05) is 6.61 Å². The minimum absolute atomic E-state index is 0.0459. The summed E-state index contributed by atoms with van der Waals surface area (Å²) in [4.78, 5) is 42.4. The van der Waals surface area contributed by atoms with E-state index >= 15 is 0 Å². The van der Waals surface area contributed by atoms with E-state index in [4.69, 9.17) is 4.74 Å². The fourth-order valence-corrected chi connectivity index (χ4v) is 3.14. The number of allylic oxidation sites excluding steroid dienone is 1. The van der Waals surface area contributed by atoms with Gasteiger partial charge in [-0.1, -0.05) is 25.1 Å². The number of carbonyl (C=O) groups is 3. The molecule has 1 aliphatic heterocycles. The largest absolute Gasteiger partial charge is 0.466 e. The van der Waals surface area contributed by atoms with E-state index in [0.29, 0.717) is 29.1 Å². The van der Waals surface area contributed by atoms with Crippen molar-refractivity contribution in [2.45, 2.75) is 33.2 Å². The van der Waals surface area contributed by atoms with E-state index in [2.05, 4.69) is 4.98 Å². The van der Waals surface area contributed by atoms with E-state index in [9.17, 15) is 14.4 Å². The second-order valence-corrected chi connectivity index (χ2v) is 6.16. The molecule has 2 amide bonds. The Morgan fingerprint density at radius 1 is 1.28 bits per heavy atom. The summed E-state index contributed by atoms with van der Waals surface area (Å²) in [6.45, 7) is 4.11. The van der Waals surface area contributed by atoms with Crippen LogP contribution in [0.5, 0.6) is 0 Å². The summed E-state index contributed by atoms with van der Waals surface area (Å²) in [5.74, 6) is -0.823. The van der Waals surface area contributed by atoms with E-state index < -0.39 is 0 Å². The van der Waals surface area contributed by atoms with Gasteiger partial charge in [-0.25, -0.2) is 0 Å². The Hall–Kier alpha value is -2.76. The number of imide groups is 1. The van der Waals surface area contributed by atoms with Gasteiger partial charge in [0.1, 0.15) is 0 Å². The quantitative estimate of drug-likeness (QED) is 0.605. The van der Waals surface area contributed by atoms with Gasteiger partial charge in [0.2, 0.25) is 0 Å². The van der Waals surface area contributed by atoms with Gasteiger partial charge in [0.05, 0.1) is 31.0 Å². The van der Waals surface area contributed by atoms with Crippen LogP contribution in [0.25, 0.3) is 0 Å². The van der Waals surface area contributed by atoms with Gasteiger partial charge in [0, 0.05) is 11.1 Å². The van der Waals surface area contributed by atoms with E-state index in [1.165, 1.54) is 4.90 Å². The maximum atomic E-state index is 12.6. The second-order valence-electron chi connectivity index (χ2n) is 6.16. The summed E-state index contributed by atoms with van der Waals surface area (Å²) in [7, 11) is 0. The number of carbonyl (C=O) groups excluding carboxylic acids is 3. The number of hydrogen-bond acceptors (Lipinski definition) is 5. The Morgan fingerprint density at radius 3 is 2.76 bits per heavy atom. The van der Waals surface area contributed by atoms with Crippen LogP contribution in [0.1, 0.15) is 31.7 Å². The molecule has 0 radical (unpaired) electrons. The minimum Gasteiger partial charge on any atom is -0.466 e. The molecule has 0 fully saturated rings. The Balaban J connectivity index is 1.75. The average molecular weight is 340 g/mol. The number of nitrogens with zero attached hydrogens (tertiary/aromatic N) is 2. The Kier molecular flexibility index (Phi) is 4.79. The summed E-state index contributed by atoms with van der Waals surface area (Å²) in [5.41, 5.74) is 2.21. The molecular weight excluding hydrogens is 320 g/mol. The lowest BCUT2D eigenvalue weighted by Gasteiger charge is -2.16. The molecule has 0 saturated heterocycles. The first kappa shape index (κ1) is 17.1. The van der Waals surface area contributed by atoms with Gasteiger partial charge >= 0.3 is 5.97 Å². The Morgan fingerprint density at radius 2 is 2.04 bits per heavy atom. The summed E-state index contributed by atoms with van der Waals surface area (Å²) in [6.07, 6.45) is 4.49. The monoisotopic (exact) mass is 340 g/mol. The molecule has 1 aliphatic carbocycles. The van der Waals surface area contributed by atoms with Crippen molar-refractivity contribution in [3.05, 3.63) is 52.9 Å². The molecule has 1 aromatic heterocycles. The first-order valence-corrected chi connectivity index (χ1v) is 8.38. The second kappa shape index (κ2) is 7.01. The fourth-order valence-electron chi connectivity index (χ4n) is 3.14. The number of ether oxygens (including phenoxy) is 1. The van der Waals surface area contributed by atoms with E-state index in [1.54, 1.807) is 31.2 Å². The third kappa shape index (κ3) is 3.38. The zero-order chi connectivity index (χ0) is 18.0. The van der Waals surface area contributed by atoms with Crippen LogP contribution in [0.3, 0.4) is 0 Å². The standard InChI is InChI=1S/C19H20N2O4/c1-3-25-16(22)10-13-7-5-8-14(20-13)11-21-18(23)15-9-4-6-12(2)17(15)19(21)24/h4-5,7-9,12H,3,6,10-11H2,1-2H3. The summed E-state index contributed by atoms with van der Waals surface area (Å²) in [6, 6.07) is 5.23. The highest BCUT2D eigenvalue weighted by Gasteiger charge is 2.40. The van der Waals surface area contributed by atoms with Crippen molar-refractivity contribution in [1.82, 2.24) is 9.88 Å². The van der Waals surface area contributed by atoms with Crippen LogP contribution in [0.2, 0.25) is 0 Å². The van der Waals surface area contributed by atoms with Crippen molar-refractivity contribution in [2.24, 2.45) is 5.92 Å². The van der Waals surface area contributed by atoms with Gasteiger partial charge in [-0.15, -0.1) is 0 Å². The number of esters is 1. The molecule has 6 heteroatoms. The maximum Gasteiger partial charge on any atom is 0.311 e. The zero-order valence-electron chi connectivity index (χ0n) is 14.3. The van der Waals surface area contributed by atoms with E-state index in [-0.39, 0.29) is 36.7 Å². The third-order valence-electron chi connectivity index (χ3n) is 4.32. The molecule has 2 aliphatic rings. The lowest BCUT2D eigenvalue weighted by atomic mass is 9.90. The first-order valence-electron chi connectivity index (χ1n) is 8.38. The molecule has 3 rings (SSSR count). The Labute approximate surface area is 146 Å². The van der Waals surface area contributed by atoms with Gasteiger partial charge < -0.3 is 4.74 Å². The lowest BCUT2D eigenvalue weighted by molar-refractivity contribution is -0.142. The summed E-state index contributed by atoms with van der Waals surface area (Å²) < 4.78 is 4.92. The van der Waals surface area contributed by atoms with Gasteiger partial charge in [-0.2, -0.15) is 0 Å². The predicted molar refractivity (Wildman–Crippen MR) is 90.1 cm³/mol. The lowest BCUT2D eigenvalue weighted by Crippen LogP contribution is -2.32. The van der Waals surface area contributed by atoms with Gasteiger partial charge in [-0.05, 0) is 31.4 Å². The molecule has 0 N–H and O–H groups in total. The van der Waals surface area contributed by atoms with Crippen molar-refractivity contribution >= 4 is 17.8 Å². The molecule has 1 aromatic rings. The number of pyridine rings is 1. The van der Waals surface area contributed by atoms with E-state index in [0.717, 1.165) is 6.42 Å². The molecule has 1 unspecified atom stereocenters. The molecule has 25 heavy (non-hydrogen) atoms. The molecule has 0 saturated carbocycles. The van der Waals surface area contributed by atoms with Crippen LogP contribution in [0.4, 0.5) is 0 Å². The molecule has 0 bridgehead atoms. The highest BCUT2D eigenvalue weighted by atomic mass is 16.5. The smallest absolute Gasteiger partial charge is 0.311 e. The number of amides is 2. The summed E-state index contributed by atoms with van der Waals surface area (Å²) >= 11 is 0. The highest BCUT2D eigenvalue weighted by molar-refractivity contribution is 6.21. The van der Waals surface area contributed by atoms with Crippen LogP contribution < -0.4 is 0 Å². The van der Waals surface area contributed by atoms with Gasteiger partial charge in [0.15, 0.2) is 0 Å². The molecule has 6 nitrogen and oxygen atoms in total. The molecule has 0 spiro atoms. The van der Waals surface area contributed by atoms with Crippen LogP contribution in [0.15, 0.2) is 41.5 Å². The maximum absolute atomic E-state index is 12.6. The van der Waals surface area contributed by atoms with E-state index in [1.807, 2.05) is 13.0 Å². The van der Waals surface area contributed by atoms with Crippen LogP contribution >= 0.6 is 0 Å². The molecule has 1 atom stereocenters. The van der Waals surface area contributed by atoms with Crippen molar-refractivity contribution < 1.29 is 19.1 Å². The van der Waals surface area contributed by atoms with Crippen LogP contribution in [0, 0.1) is 5.92 Å². The molecular formula is C19H20N2O4. The fraction of sp³-hybridized carbons (Fsp3) is 0.368. The minimum atomic E-state index is -0.350. The van der Waals surface area contributed by atoms with Crippen molar-refractivity contribution in [1.29, 1.82) is 0 Å². The normalized spacial score (nSPS) is 19.4. The SMILES string of the molecule is CCOC(=O)Cc1cccc(CN2C(=O)C3=C(C2=O)C(C)CC=C3)n1. The molecule has 130 valence electrons. The van der Waals surface area contributed by atoms with Crippen molar-refractivity contribution in [3.63, 3.8) is 0 Å². The highest BCUT2D eigenvalue weighted by Crippen LogP contribution is 2.33. The van der Waals surface area contributed by atoms with Gasteiger partial charge in [-0.3, -0.25) is 24.3 Å². The van der Waals surface area contributed by atoms with Crippen molar-refractivity contribution in [3.8, 4) is 0 Å². The van der Waals surface area contributed by atoms with Crippen LogP contribution in [-0.4, -0.2) is 34.3 Å². The average Bonchev–Trinajstić information content (AvgIpc) is 2.81.